The Hall–Kier alpha value is -2.21. The summed E-state index contributed by atoms with van der Waals surface area (Å²) >= 11 is 5.66. The highest BCUT2D eigenvalue weighted by Crippen LogP contribution is 2.25. The molecule has 0 saturated carbocycles. The van der Waals surface area contributed by atoms with E-state index >= 15 is 0 Å². The Bertz CT molecular complexity index is 635. The quantitative estimate of drug-likeness (QED) is 0.693. The number of aromatic nitrogens is 4. The van der Waals surface area contributed by atoms with E-state index in [1.807, 2.05) is 0 Å². The summed E-state index contributed by atoms with van der Waals surface area (Å²) < 4.78 is 10.5. The van der Waals surface area contributed by atoms with Crippen LogP contribution in [0.1, 0.15) is 0 Å². The fourth-order valence-electron chi connectivity index (χ4n) is 1.27. The van der Waals surface area contributed by atoms with Crippen LogP contribution in [0.3, 0.4) is 0 Å². The molecule has 0 atom stereocenters. The van der Waals surface area contributed by atoms with Gasteiger partial charge in [-0.15, -0.1) is 10.2 Å². The van der Waals surface area contributed by atoms with Crippen LogP contribution in [0.15, 0.2) is 39.6 Å². The molecule has 7 heteroatoms. The van der Waals surface area contributed by atoms with Crippen LogP contribution >= 0.6 is 11.6 Å². The molecule has 0 fully saturated rings. The second-order valence-corrected chi connectivity index (χ2v) is 3.48. The van der Waals surface area contributed by atoms with Crippen LogP contribution in [0.4, 0.5) is 0 Å². The van der Waals surface area contributed by atoms with E-state index in [-0.39, 0.29) is 17.0 Å². The van der Waals surface area contributed by atoms with Crippen LogP contribution in [0.5, 0.6) is 0 Å². The molecule has 0 bridgehead atoms. The zero-order valence-electron chi connectivity index (χ0n) is 8.37. The molecule has 0 aliphatic heterocycles. The maximum Gasteiger partial charge on any atom is 0.284 e. The highest BCUT2D eigenvalue weighted by atomic mass is 35.5. The number of furan rings is 1. The average Bonchev–Trinajstić information content (AvgIpc) is 2.98. The van der Waals surface area contributed by atoms with Crippen LogP contribution in [-0.2, 0) is 0 Å². The molecule has 6 nitrogen and oxygen atoms in total. The number of nitrogens with zero attached hydrogens (tertiary/aromatic N) is 4. The van der Waals surface area contributed by atoms with Crippen molar-refractivity contribution >= 4 is 11.6 Å². The fourth-order valence-corrected chi connectivity index (χ4v) is 1.41. The predicted octanol–water partition coefficient (Wildman–Crippen LogP) is 2.44. The lowest BCUT2D eigenvalue weighted by atomic mass is 10.4. The highest BCUT2D eigenvalue weighted by molar-refractivity contribution is 6.28. The summed E-state index contributed by atoms with van der Waals surface area (Å²) in [5, 5.41) is 7.95. The third kappa shape index (κ3) is 1.90. The van der Waals surface area contributed by atoms with Gasteiger partial charge in [0.1, 0.15) is 5.69 Å². The Balaban J connectivity index is 1.99. The van der Waals surface area contributed by atoms with Gasteiger partial charge in [0, 0.05) is 12.4 Å². The molecular weight excluding hydrogens is 244 g/mol. The third-order valence-corrected chi connectivity index (χ3v) is 2.19. The average molecular weight is 249 g/mol. The number of halogens is 1. The van der Waals surface area contributed by atoms with E-state index in [4.69, 9.17) is 20.4 Å². The lowest BCUT2D eigenvalue weighted by Gasteiger charge is -1.90. The Morgan fingerprint density at radius 2 is 1.88 bits per heavy atom. The molecule has 0 amide bonds. The lowest BCUT2D eigenvalue weighted by molar-refractivity contribution is 0.523. The van der Waals surface area contributed by atoms with Gasteiger partial charge in [-0.1, -0.05) is 0 Å². The number of hydrogen-bond acceptors (Lipinski definition) is 6. The maximum absolute atomic E-state index is 5.66. The molecule has 0 N–H and O–H groups in total. The van der Waals surface area contributed by atoms with Gasteiger partial charge in [0.15, 0.2) is 11.0 Å². The van der Waals surface area contributed by atoms with Crippen molar-refractivity contribution in [2.75, 3.05) is 0 Å². The monoisotopic (exact) mass is 248 g/mol. The van der Waals surface area contributed by atoms with Gasteiger partial charge in [-0.05, 0) is 23.7 Å². The van der Waals surface area contributed by atoms with Gasteiger partial charge in [-0.2, -0.15) is 0 Å². The van der Waals surface area contributed by atoms with Gasteiger partial charge in [0.2, 0.25) is 0 Å². The topological polar surface area (TPSA) is 77.8 Å². The number of rotatable bonds is 2. The first-order valence-electron chi connectivity index (χ1n) is 4.68. The molecule has 3 rings (SSSR count). The van der Waals surface area contributed by atoms with Gasteiger partial charge < -0.3 is 8.83 Å². The van der Waals surface area contributed by atoms with Crippen molar-refractivity contribution in [1.82, 2.24) is 20.2 Å². The van der Waals surface area contributed by atoms with Gasteiger partial charge >= 0.3 is 0 Å². The van der Waals surface area contributed by atoms with Gasteiger partial charge in [0.25, 0.3) is 11.8 Å². The molecule has 84 valence electrons. The van der Waals surface area contributed by atoms with Crippen LogP contribution in [0.25, 0.3) is 23.2 Å². The van der Waals surface area contributed by atoms with E-state index in [9.17, 15) is 0 Å². The van der Waals surface area contributed by atoms with E-state index in [1.54, 1.807) is 24.5 Å². The molecular formula is C10H5ClN4O2. The molecule has 3 aromatic rings. The smallest absolute Gasteiger partial charge is 0.284 e. The molecule has 3 aromatic heterocycles. The molecule has 0 saturated heterocycles. The van der Waals surface area contributed by atoms with E-state index in [0.29, 0.717) is 11.5 Å². The second kappa shape index (κ2) is 3.99. The minimum Gasteiger partial charge on any atom is -0.440 e. The summed E-state index contributed by atoms with van der Waals surface area (Å²) in [7, 11) is 0. The summed E-state index contributed by atoms with van der Waals surface area (Å²) in [4.78, 5) is 7.96. The normalized spacial score (nSPS) is 10.6. The first kappa shape index (κ1) is 9.98. The molecule has 0 unspecified atom stereocenters. The van der Waals surface area contributed by atoms with Crippen molar-refractivity contribution in [1.29, 1.82) is 0 Å². The summed E-state index contributed by atoms with van der Waals surface area (Å²) in [6, 6.07) is 3.25. The fraction of sp³-hybridized carbons (Fsp3) is 0. The molecule has 0 spiro atoms. The highest BCUT2D eigenvalue weighted by Gasteiger charge is 2.14. The van der Waals surface area contributed by atoms with E-state index in [2.05, 4.69) is 20.2 Å². The zero-order valence-corrected chi connectivity index (χ0v) is 9.13. The molecule has 3 heterocycles. The van der Waals surface area contributed by atoms with Crippen molar-refractivity contribution in [3.05, 3.63) is 35.9 Å². The van der Waals surface area contributed by atoms with Gasteiger partial charge in [0.05, 0.1) is 6.20 Å². The summed E-state index contributed by atoms with van der Waals surface area (Å²) in [6.07, 6.45) is 4.64. The SMILES string of the molecule is Clc1ccc(-c2nnc(-c3cnccn3)o2)o1. The third-order valence-electron chi connectivity index (χ3n) is 1.99. The first-order valence-corrected chi connectivity index (χ1v) is 5.06. The number of hydrogen-bond donors (Lipinski definition) is 0. The van der Waals surface area contributed by atoms with Gasteiger partial charge in [-0.25, -0.2) is 4.98 Å². The minimum atomic E-state index is 0.248. The van der Waals surface area contributed by atoms with Crippen molar-refractivity contribution in [2.24, 2.45) is 0 Å². The summed E-state index contributed by atoms with van der Waals surface area (Å²) in [6.45, 7) is 0. The summed E-state index contributed by atoms with van der Waals surface area (Å²) in [5.74, 6) is 0.941. The second-order valence-electron chi connectivity index (χ2n) is 3.11. The van der Waals surface area contributed by atoms with Crippen LogP contribution in [0.2, 0.25) is 5.22 Å². The summed E-state index contributed by atoms with van der Waals surface area (Å²) in [5.41, 5.74) is 0.504. The molecule has 0 radical (unpaired) electrons. The largest absolute Gasteiger partial charge is 0.440 e. The van der Waals surface area contributed by atoms with Crippen molar-refractivity contribution in [3.8, 4) is 23.2 Å². The van der Waals surface area contributed by atoms with Crippen LogP contribution < -0.4 is 0 Å². The molecule has 0 aliphatic rings. The standard InChI is InChI=1S/C10H5ClN4O2/c11-8-2-1-7(16-8)10-15-14-9(17-10)6-5-12-3-4-13-6/h1-5H. The van der Waals surface area contributed by atoms with Crippen LogP contribution in [-0.4, -0.2) is 20.2 Å². The lowest BCUT2D eigenvalue weighted by Crippen LogP contribution is -1.83. The Morgan fingerprint density at radius 3 is 2.59 bits per heavy atom. The minimum absolute atomic E-state index is 0.248. The first-order chi connectivity index (χ1) is 8.33. The molecule has 0 aromatic carbocycles. The molecule has 17 heavy (non-hydrogen) atoms. The van der Waals surface area contributed by atoms with Crippen molar-refractivity contribution in [3.63, 3.8) is 0 Å². The van der Waals surface area contributed by atoms with Crippen LogP contribution in [0, 0.1) is 0 Å². The van der Waals surface area contributed by atoms with Crippen molar-refractivity contribution < 1.29 is 8.83 Å². The van der Waals surface area contributed by atoms with E-state index in [1.165, 1.54) is 6.20 Å². The maximum atomic E-state index is 5.66. The van der Waals surface area contributed by atoms with E-state index in [0.717, 1.165) is 0 Å². The molecule has 0 aliphatic carbocycles. The Morgan fingerprint density at radius 1 is 1.00 bits per heavy atom. The predicted molar refractivity (Wildman–Crippen MR) is 58.0 cm³/mol. The zero-order chi connectivity index (χ0) is 11.7. The van der Waals surface area contributed by atoms with E-state index < -0.39 is 0 Å². The van der Waals surface area contributed by atoms with Gasteiger partial charge in [-0.3, -0.25) is 4.98 Å². The Labute approximate surface area is 100 Å². The Kier molecular flexibility index (Phi) is 2.34. The van der Waals surface area contributed by atoms with Crippen molar-refractivity contribution in [2.45, 2.75) is 0 Å².